The summed E-state index contributed by atoms with van der Waals surface area (Å²) in [5.74, 6) is 1.20. The molecule has 0 aliphatic carbocycles. The zero-order valence-electron chi connectivity index (χ0n) is 15.3. The predicted molar refractivity (Wildman–Crippen MR) is 110 cm³/mol. The maximum Gasteiger partial charge on any atom is 0.229 e. The lowest BCUT2D eigenvalue weighted by Gasteiger charge is -2.14. The fourth-order valence-corrected chi connectivity index (χ4v) is 3.03. The second-order valence-electron chi connectivity index (χ2n) is 6.40. The molecule has 0 saturated carbocycles. The molecule has 2 aromatic carbocycles. The summed E-state index contributed by atoms with van der Waals surface area (Å²) in [4.78, 5) is 10.9. The molecule has 0 unspecified atom stereocenters. The molecule has 26 heavy (non-hydrogen) atoms. The standard InChI is InChI=1S/C20H22ClN5/c1-13-11-14(2)19(17(21)12-13)25-20-22-10-9-18(24-20)23-15-5-7-16(8-6-15)26(3)4/h5-12H,1-4H3,(H2,22,23,24,25). The molecule has 1 heterocycles. The molecule has 3 rings (SSSR count). The number of nitrogens with zero attached hydrogens (tertiary/aromatic N) is 3. The summed E-state index contributed by atoms with van der Waals surface area (Å²) in [7, 11) is 4.03. The Kier molecular flexibility index (Phi) is 5.28. The first-order chi connectivity index (χ1) is 12.4. The zero-order valence-corrected chi connectivity index (χ0v) is 16.1. The molecule has 0 spiro atoms. The van der Waals surface area contributed by atoms with E-state index in [0.29, 0.717) is 16.8 Å². The molecule has 0 amide bonds. The summed E-state index contributed by atoms with van der Waals surface area (Å²) in [5, 5.41) is 7.17. The van der Waals surface area contributed by atoms with Gasteiger partial charge in [-0.3, -0.25) is 0 Å². The molecular formula is C20H22ClN5. The Morgan fingerprint density at radius 1 is 0.962 bits per heavy atom. The first kappa shape index (κ1) is 18.0. The molecule has 6 heteroatoms. The topological polar surface area (TPSA) is 53.1 Å². The number of aromatic nitrogens is 2. The second kappa shape index (κ2) is 7.62. The van der Waals surface area contributed by atoms with E-state index in [1.165, 1.54) is 0 Å². The van der Waals surface area contributed by atoms with Crippen molar-refractivity contribution in [3.8, 4) is 0 Å². The first-order valence-corrected chi connectivity index (χ1v) is 8.71. The van der Waals surface area contributed by atoms with Crippen molar-refractivity contribution in [1.29, 1.82) is 0 Å². The number of hydrogen-bond donors (Lipinski definition) is 2. The third kappa shape index (κ3) is 4.24. The average Bonchev–Trinajstić information content (AvgIpc) is 2.59. The van der Waals surface area contributed by atoms with Crippen LogP contribution in [0, 0.1) is 13.8 Å². The second-order valence-corrected chi connectivity index (χ2v) is 6.80. The SMILES string of the molecule is Cc1cc(C)c(Nc2nccc(Nc3ccc(N(C)C)cc3)n2)c(Cl)c1. The number of aryl methyl sites for hydroxylation is 2. The van der Waals surface area contributed by atoms with E-state index in [1.54, 1.807) is 6.20 Å². The average molecular weight is 368 g/mol. The van der Waals surface area contributed by atoms with Gasteiger partial charge in [-0.1, -0.05) is 17.7 Å². The van der Waals surface area contributed by atoms with Crippen molar-refractivity contribution >= 4 is 40.4 Å². The smallest absolute Gasteiger partial charge is 0.229 e. The summed E-state index contributed by atoms with van der Waals surface area (Å²) >= 11 is 6.36. The van der Waals surface area contributed by atoms with Gasteiger partial charge in [-0.25, -0.2) is 4.98 Å². The van der Waals surface area contributed by atoms with E-state index in [1.807, 2.05) is 52.2 Å². The summed E-state index contributed by atoms with van der Waals surface area (Å²) < 4.78 is 0. The minimum absolute atomic E-state index is 0.494. The number of hydrogen-bond acceptors (Lipinski definition) is 5. The van der Waals surface area contributed by atoms with Crippen LogP contribution in [0.3, 0.4) is 0 Å². The number of rotatable bonds is 5. The molecule has 1 aromatic heterocycles. The van der Waals surface area contributed by atoms with Crippen molar-refractivity contribution in [1.82, 2.24) is 9.97 Å². The molecule has 0 bridgehead atoms. The highest BCUT2D eigenvalue weighted by molar-refractivity contribution is 6.33. The van der Waals surface area contributed by atoms with Gasteiger partial charge in [0.15, 0.2) is 0 Å². The van der Waals surface area contributed by atoms with E-state index in [9.17, 15) is 0 Å². The van der Waals surface area contributed by atoms with E-state index in [4.69, 9.17) is 11.6 Å². The van der Waals surface area contributed by atoms with Gasteiger partial charge in [0.2, 0.25) is 5.95 Å². The van der Waals surface area contributed by atoms with E-state index >= 15 is 0 Å². The Labute approximate surface area is 159 Å². The third-order valence-electron chi connectivity index (χ3n) is 3.98. The van der Waals surface area contributed by atoms with Crippen molar-refractivity contribution in [2.45, 2.75) is 13.8 Å². The molecule has 0 aliphatic rings. The van der Waals surface area contributed by atoms with Gasteiger partial charge < -0.3 is 15.5 Å². The fourth-order valence-electron chi connectivity index (χ4n) is 2.67. The monoisotopic (exact) mass is 367 g/mol. The van der Waals surface area contributed by atoms with Crippen molar-refractivity contribution in [3.05, 3.63) is 64.8 Å². The van der Waals surface area contributed by atoms with Gasteiger partial charge in [-0.2, -0.15) is 4.98 Å². The van der Waals surface area contributed by atoms with Gasteiger partial charge >= 0.3 is 0 Å². The van der Waals surface area contributed by atoms with Crippen LogP contribution in [0.1, 0.15) is 11.1 Å². The van der Waals surface area contributed by atoms with Crippen molar-refractivity contribution in [3.63, 3.8) is 0 Å². The van der Waals surface area contributed by atoms with Gasteiger partial charge in [-0.15, -0.1) is 0 Å². The van der Waals surface area contributed by atoms with Crippen LogP contribution in [0.5, 0.6) is 0 Å². The number of nitrogens with one attached hydrogen (secondary N) is 2. The molecule has 0 atom stereocenters. The van der Waals surface area contributed by atoms with Crippen LogP contribution in [0.15, 0.2) is 48.7 Å². The minimum atomic E-state index is 0.494. The Morgan fingerprint density at radius 3 is 2.35 bits per heavy atom. The highest BCUT2D eigenvalue weighted by Crippen LogP contribution is 2.29. The van der Waals surface area contributed by atoms with E-state index in [0.717, 1.165) is 28.2 Å². The van der Waals surface area contributed by atoms with Gasteiger partial charge in [0.05, 0.1) is 10.7 Å². The minimum Gasteiger partial charge on any atom is -0.378 e. The quantitative estimate of drug-likeness (QED) is 0.640. The predicted octanol–water partition coefficient (Wildman–Crippen LogP) is 5.30. The van der Waals surface area contributed by atoms with Crippen LogP contribution in [0.25, 0.3) is 0 Å². The maximum atomic E-state index is 6.36. The molecule has 0 saturated heterocycles. The third-order valence-corrected chi connectivity index (χ3v) is 4.28. The van der Waals surface area contributed by atoms with Gasteiger partial charge in [0.1, 0.15) is 5.82 Å². The normalized spacial score (nSPS) is 10.5. The molecule has 0 fully saturated rings. The van der Waals surface area contributed by atoms with Crippen LogP contribution in [-0.2, 0) is 0 Å². The van der Waals surface area contributed by atoms with E-state index in [2.05, 4.69) is 43.7 Å². The largest absolute Gasteiger partial charge is 0.378 e. The van der Waals surface area contributed by atoms with Crippen molar-refractivity contribution < 1.29 is 0 Å². The summed E-state index contributed by atoms with van der Waals surface area (Å²) in [6.07, 6.45) is 1.71. The molecule has 5 nitrogen and oxygen atoms in total. The lowest BCUT2D eigenvalue weighted by atomic mass is 10.1. The maximum absolute atomic E-state index is 6.36. The fraction of sp³-hybridized carbons (Fsp3) is 0.200. The molecule has 0 radical (unpaired) electrons. The lowest BCUT2D eigenvalue weighted by Crippen LogP contribution is -2.08. The Morgan fingerprint density at radius 2 is 1.69 bits per heavy atom. The van der Waals surface area contributed by atoms with Crippen LogP contribution in [0.2, 0.25) is 5.02 Å². The van der Waals surface area contributed by atoms with Crippen LogP contribution in [0.4, 0.5) is 28.8 Å². The van der Waals surface area contributed by atoms with E-state index in [-0.39, 0.29) is 0 Å². The van der Waals surface area contributed by atoms with Crippen molar-refractivity contribution in [2.24, 2.45) is 0 Å². The lowest BCUT2D eigenvalue weighted by molar-refractivity contribution is 1.13. The summed E-state index contributed by atoms with van der Waals surface area (Å²) in [6, 6.07) is 14.0. The molecule has 2 N–H and O–H groups in total. The zero-order chi connectivity index (χ0) is 18.7. The molecule has 3 aromatic rings. The van der Waals surface area contributed by atoms with Gasteiger partial charge in [0, 0.05) is 31.7 Å². The Hall–Kier alpha value is -2.79. The highest BCUT2D eigenvalue weighted by Gasteiger charge is 2.08. The van der Waals surface area contributed by atoms with Crippen molar-refractivity contribution in [2.75, 3.05) is 29.6 Å². The summed E-state index contributed by atoms with van der Waals surface area (Å²) in [5.41, 5.74) is 5.10. The van der Waals surface area contributed by atoms with E-state index < -0.39 is 0 Å². The number of benzene rings is 2. The number of anilines is 5. The van der Waals surface area contributed by atoms with Crippen LogP contribution < -0.4 is 15.5 Å². The number of halogens is 1. The highest BCUT2D eigenvalue weighted by atomic mass is 35.5. The van der Waals surface area contributed by atoms with Gasteiger partial charge in [0.25, 0.3) is 0 Å². The Bertz CT molecular complexity index is 883. The molecule has 0 aliphatic heterocycles. The Balaban J connectivity index is 1.78. The van der Waals surface area contributed by atoms with Crippen LogP contribution >= 0.6 is 11.6 Å². The first-order valence-electron chi connectivity index (χ1n) is 8.33. The van der Waals surface area contributed by atoms with Gasteiger partial charge in [-0.05, 0) is 61.4 Å². The molecular weight excluding hydrogens is 346 g/mol. The van der Waals surface area contributed by atoms with Crippen LogP contribution in [-0.4, -0.2) is 24.1 Å². The summed E-state index contributed by atoms with van der Waals surface area (Å²) in [6.45, 7) is 4.03. The molecule has 134 valence electrons.